The lowest BCUT2D eigenvalue weighted by Gasteiger charge is -1.97. The fourth-order valence-electron chi connectivity index (χ4n) is 3.21. The number of rotatable bonds is 6. The third kappa shape index (κ3) is 5.16. The van der Waals surface area contributed by atoms with E-state index in [-0.39, 0.29) is 11.2 Å². The third-order valence-corrected chi connectivity index (χ3v) is 6.09. The van der Waals surface area contributed by atoms with E-state index in [1.54, 1.807) is 43.3 Å². The molecule has 0 amide bonds. The number of aryl methyl sites for hydroxylation is 1. The van der Waals surface area contributed by atoms with Crippen LogP contribution < -0.4 is 5.56 Å². The first-order chi connectivity index (χ1) is 17.1. The van der Waals surface area contributed by atoms with Gasteiger partial charge in [0.1, 0.15) is 0 Å². The molecule has 2 aromatic heterocycles. The average Bonchev–Trinajstić information content (AvgIpc) is 3.48. The van der Waals surface area contributed by atoms with E-state index >= 15 is 0 Å². The van der Waals surface area contributed by atoms with Crippen LogP contribution in [0.15, 0.2) is 109 Å². The number of thiazole rings is 1. The highest BCUT2D eigenvalue weighted by Crippen LogP contribution is 2.26. The minimum absolute atomic E-state index is 0.223. The number of H-pyrrole nitrogens is 1. The Kier molecular flexibility index (Phi) is 6.42. The van der Waals surface area contributed by atoms with Gasteiger partial charge in [0.05, 0.1) is 28.5 Å². The van der Waals surface area contributed by atoms with Gasteiger partial charge in [-0.3, -0.25) is 9.89 Å². The second-order valence-electron chi connectivity index (χ2n) is 7.50. The van der Waals surface area contributed by atoms with Crippen molar-refractivity contribution in [3.05, 3.63) is 105 Å². The molecule has 3 aromatic carbocycles. The van der Waals surface area contributed by atoms with E-state index < -0.39 is 0 Å². The van der Waals surface area contributed by atoms with Gasteiger partial charge < -0.3 is 0 Å². The number of nitrogens with zero attached hydrogens (tertiary/aromatic N) is 6. The maximum Gasteiger partial charge on any atom is 0.301 e. The average molecular weight is 500 g/mol. The summed E-state index contributed by atoms with van der Waals surface area (Å²) < 4.78 is 1.38. The van der Waals surface area contributed by atoms with Gasteiger partial charge in [-0.25, -0.2) is 4.98 Å². The highest BCUT2D eigenvalue weighted by molar-refractivity contribution is 7.12. The van der Waals surface area contributed by atoms with Crippen molar-refractivity contribution in [3.8, 4) is 16.4 Å². The number of benzene rings is 3. The summed E-state index contributed by atoms with van der Waals surface area (Å²) in [4.78, 5) is 17.6. The van der Waals surface area contributed by atoms with Gasteiger partial charge in [0.25, 0.3) is 0 Å². The second-order valence-corrected chi connectivity index (χ2v) is 8.77. The smallest absolute Gasteiger partial charge is 0.291 e. The minimum Gasteiger partial charge on any atom is -0.291 e. The summed E-state index contributed by atoms with van der Waals surface area (Å²) in [5.74, 6) is 0. The molecule has 0 spiro atoms. The van der Waals surface area contributed by atoms with Gasteiger partial charge in [0, 0.05) is 16.0 Å². The maximum absolute atomic E-state index is 13.0. The van der Waals surface area contributed by atoms with Crippen LogP contribution in [0.3, 0.4) is 0 Å². The van der Waals surface area contributed by atoms with E-state index in [4.69, 9.17) is 11.6 Å². The fraction of sp³-hybridized carbons (Fsp3) is 0.0400. The molecule has 35 heavy (non-hydrogen) atoms. The molecule has 0 saturated heterocycles. The van der Waals surface area contributed by atoms with Crippen LogP contribution in [-0.2, 0) is 0 Å². The molecule has 0 aliphatic rings. The van der Waals surface area contributed by atoms with Crippen LogP contribution in [0.4, 0.5) is 22.7 Å². The summed E-state index contributed by atoms with van der Waals surface area (Å²) >= 11 is 7.32. The molecule has 172 valence electrons. The highest BCUT2D eigenvalue weighted by Gasteiger charge is 2.15. The SMILES string of the molecule is Cc1[nH]n(-c2nc(-c3ccc(Cl)cc3)cs2)c(=O)c1N=Nc1ccc(N=Nc2ccccc2)cc1. The lowest BCUT2D eigenvalue weighted by atomic mass is 10.2. The molecule has 0 aliphatic heterocycles. The minimum atomic E-state index is -0.323. The Morgan fingerprint density at radius 3 is 2.09 bits per heavy atom. The Bertz CT molecular complexity index is 1570. The monoisotopic (exact) mass is 499 g/mol. The molecule has 2 heterocycles. The van der Waals surface area contributed by atoms with Crippen molar-refractivity contribution in [2.75, 3.05) is 0 Å². The highest BCUT2D eigenvalue weighted by atomic mass is 35.5. The Hall–Kier alpha value is -4.21. The zero-order valence-electron chi connectivity index (χ0n) is 18.5. The van der Waals surface area contributed by atoms with Gasteiger partial charge >= 0.3 is 5.56 Å². The fourth-order valence-corrected chi connectivity index (χ4v) is 4.13. The molecular weight excluding hydrogens is 482 g/mol. The standard InChI is InChI=1S/C25H18ClN7OS/c1-16-23(31-30-21-13-11-20(12-14-21)29-28-19-5-3-2-4-6-19)24(34)33(32-16)25-27-22(15-35-25)17-7-9-18(26)10-8-17/h2-15,32H,1H3. The van der Waals surface area contributed by atoms with Crippen LogP contribution in [0.25, 0.3) is 16.4 Å². The first-order valence-electron chi connectivity index (χ1n) is 10.6. The molecule has 0 atom stereocenters. The topological polar surface area (TPSA) is 100 Å². The molecule has 0 fully saturated rings. The summed E-state index contributed by atoms with van der Waals surface area (Å²) in [5.41, 5.74) is 4.22. The van der Waals surface area contributed by atoms with Crippen LogP contribution in [0, 0.1) is 6.92 Å². The van der Waals surface area contributed by atoms with Crippen molar-refractivity contribution in [2.45, 2.75) is 6.92 Å². The maximum atomic E-state index is 13.0. The number of aromatic amines is 1. The Morgan fingerprint density at radius 1 is 0.829 bits per heavy atom. The molecule has 5 aromatic rings. The van der Waals surface area contributed by atoms with Gasteiger partial charge in [-0.2, -0.15) is 20.0 Å². The predicted octanol–water partition coefficient (Wildman–Crippen LogP) is 8.08. The van der Waals surface area contributed by atoms with E-state index in [0.717, 1.165) is 16.9 Å². The number of azo groups is 2. The van der Waals surface area contributed by atoms with E-state index in [1.807, 2.05) is 47.8 Å². The van der Waals surface area contributed by atoms with Gasteiger partial charge in [-0.15, -0.1) is 16.5 Å². The largest absolute Gasteiger partial charge is 0.301 e. The third-order valence-electron chi connectivity index (χ3n) is 5.02. The molecule has 5 rings (SSSR count). The first-order valence-corrected chi connectivity index (χ1v) is 11.8. The zero-order valence-corrected chi connectivity index (χ0v) is 20.0. The number of hydrogen-bond acceptors (Lipinski definition) is 7. The molecule has 0 saturated carbocycles. The summed E-state index contributed by atoms with van der Waals surface area (Å²) in [6.07, 6.45) is 0. The van der Waals surface area contributed by atoms with E-state index in [1.165, 1.54) is 16.0 Å². The van der Waals surface area contributed by atoms with Gasteiger partial charge in [-0.05, 0) is 55.5 Å². The van der Waals surface area contributed by atoms with E-state index in [9.17, 15) is 4.79 Å². The van der Waals surface area contributed by atoms with Crippen LogP contribution in [0.5, 0.6) is 0 Å². The molecule has 1 N–H and O–H groups in total. The number of aromatic nitrogens is 3. The van der Waals surface area contributed by atoms with Crippen molar-refractivity contribution in [1.29, 1.82) is 0 Å². The second kappa shape index (κ2) is 9.96. The Balaban J connectivity index is 1.33. The van der Waals surface area contributed by atoms with E-state index in [2.05, 4.69) is 30.5 Å². The quantitative estimate of drug-likeness (QED) is 0.239. The first kappa shape index (κ1) is 22.6. The summed E-state index contributed by atoms with van der Waals surface area (Å²) in [7, 11) is 0. The molecular formula is C25H18ClN7OS. The predicted molar refractivity (Wildman–Crippen MR) is 138 cm³/mol. The zero-order chi connectivity index (χ0) is 24.2. The normalized spacial score (nSPS) is 11.6. The summed E-state index contributed by atoms with van der Waals surface area (Å²) in [6, 6.07) is 24.0. The number of nitrogens with one attached hydrogen (secondary N) is 1. The number of halogens is 1. The van der Waals surface area contributed by atoms with Gasteiger partial charge in [-0.1, -0.05) is 41.9 Å². The molecule has 10 heteroatoms. The molecule has 0 radical (unpaired) electrons. The van der Waals surface area contributed by atoms with Gasteiger partial charge in [0.2, 0.25) is 5.13 Å². The van der Waals surface area contributed by atoms with Crippen molar-refractivity contribution < 1.29 is 0 Å². The summed E-state index contributed by atoms with van der Waals surface area (Å²) in [6.45, 7) is 1.77. The summed E-state index contributed by atoms with van der Waals surface area (Å²) in [5, 5.41) is 22.9. The van der Waals surface area contributed by atoms with Crippen LogP contribution in [0.1, 0.15) is 5.69 Å². The van der Waals surface area contributed by atoms with Crippen molar-refractivity contribution in [3.63, 3.8) is 0 Å². The van der Waals surface area contributed by atoms with Crippen molar-refractivity contribution in [1.82, 2.24) is 14.8 Å². The van der Waals surface area contributed by atoms with Crippen molar-refractivity contribution in [2.24, 2.45) is 20.5 Å². The molecule has 0 unspecified atom stereocenters. The molecule has 8 nitrogen and oxygen atoms in total. The van der Waals surface area contributed by atoms with Crippen LogP contribution in [-0.4, -0.2) is 14.8 Å². The number of hydrogen-bond donors (Lipinski definition) is 1. The van der Waals surface area contributed by atoms with E-state index in [0.29, 0.717) is 27.2 Å². The lowest BCUT2D eigenvalue weighted by molar-refractivity contribution is 0.827. The molecule has 0 bridgehead atoms. The van der Waals surface area contributed by atoms with Crippen molar-refractivity contribution >= 4 is 45.7 Å². The Morgan fingerprint density at radius 2 is 1.43 bits per heavy atom. The van der Waals surface area contributed by atoms with Gasteiger partial charge in [0.15, 0.2) is 5.69 Å². The molecule has 0 aliphatic carbocycles. The van der Waals surface area contributed by atoms with Crippen LogP contribution in [0.2, 0.25) is 5.02 Å². The van der Waals surface area contributed by atoms with Crippen LogP contribution >= 0.6 is 22.9 Å². The Labute approximate surface area is 209 Å². The lowest BCUT2D eigenvalue weighted by Crippen LogP contribution is -2.13.